The van der Waals surface area contributed by atoms with Gasteiger partial charge in [0.05, 0.1) is 17.1 Å². The van der Waals surface area contributed by atoms with Crippen LogP contribution in [-0.4, -0.2) is 11.5 Å². The molecule has 132 valence electrons. The predicted octanol–water partition coefficient (Wildman–Crippen LogP) is 5.76. The predicted molar refractivity (Wildman–Crippen MR) is 101 cm³/mol. The van der Waals surface area contributed by atoms with E-state index in [4.69, 9.17) is 9.47 Å². The smallest absolute Gasteiger partial charge is 0.311 e. The normalized spacial score (nSPS) is 10.4. The van der Waals surface area contributed by atoms with Crippen molar-refractivity contribution in [2.24, 2.45) is 0 Å². The second kappa shape index (κ2) is 7.70. The van der Waals surface area contributed by atoms with Crippen molar-refractivity contribution >= 4 is 5.69 Å². The molecule has 0 amide bonds. The van der Waals surface area contributed by atoms with Gasteiger partial charge in [-0.3, -0.25) is 10.1 Å². The van der Waals surface area contributed by atoms with E-state index in [1.165, 1.54) is 6.07 Å². The Labute approximate surface area is 152 Å². The lowest BCUT2D eigenvalue weighted by Crippen LogP contribution is -2.01. The minimum Gasteiger partial charge on any atom is -0.487 e. The molecule has 0 unspecified atom stereocenters. The zero-order valence-electron chi connectivity index (χ0n) is 14.6. The molecule has 5 nitrogen and oxygen atoms in total. The van der Waals surface area contributed by atoms with Crippen LogP contribution in [0.15, 0.2) is 66.7 Å². The van der Waals surface area contributed by atoms with Gasteiger partial charge in [-0.25, -0.2) is 0 Å². The van der Waals surface area contributed by atoms with E-state index in [1.54, 1.807) is 13.0 Å². The van der Waals surface area contributed by atoms with E-state index in [9.17, 15) is 10.1 Å². The van der Waals surface area contributed by atoms with Crippen LogP contribution in [0.3, 0.4) is 0 Å². The van der Waals surface area contributed by atoms with Gasteiger partial charge in [-0.15, -0.1) is 0 Å². The van der Waals surface area contributed by atoms with E-state index < -0.39 is 4.92 Å². The number of nitro groups is 1. The number of para-hydroxylation sites is 1. The summed E-state index contributed by atoms with van der Waals surface area (Å²) in [5.74, 6) is 1.38. The van der Waals surface area contributed by atoms with Crippen molar-refractivity contribution in [1.29, 1.82) is 0 Å². The highest BCUT2D eigenvalue weighted by atomic mass is 16.6. The van der Waals surface area contributed by atoms with Crippen molar-refractivity contribution in [3.05, 3.63) is 82.4 Å². The summed E-state index contributed by atoms with van der Waals surface area (Å²) in [5.41, 5.74) is 2.39. The maximum absolute atomic E-state index is 11.5. The number of aryl methyl sites for hydroxylation is 1. The summed E-state index contributed by atoms with van der Waals surface area (Å²) in [6.45, 7) is 4.10. The summed E-state index contributed by atoms with van der Waals surface area (Å²) < 4.78 is 11.7. The first-order chi connectivity index (χ1) is 12.6. The molecule has 0 aliphatic carbocycles. The summed E-state index contributed by atoms with van der Waals surface area (Å²) >= 11 is 0. The molecule has 0 saturated carbocycles. The molecule has 0 fully saturated rings. The Bertz CT molecular complexity index is 905. The molecule has 0 aromatic heterocycles. The fourth-order valence-corrected chi connectivity index (χ4v) is 2.68. The van der Waals surface area contributed by atoms with Crippen molar-refractivity contribution < 1.29 is 14.4 Å². The van der Waals surface area contributed by atoms with Gasteiger partial charge in [-0.1, -0.05) is 48.0 Å². The van der Waals surface area contributed by atoms with E-state index in [0.29, 0.717) is 23.7 Å². The Hall–Kier alpha value is -3.34. The molecular formula is C21H19NO4. The third-order valence-electron chi connectivity index (χ3n) is 3.90. The highest BCUT2D eigenvalue weighted by Gasteiger charge is 2.24. The van der Waals surface area contributed by atoms with E-state index in [1.807, 2.05) is 61.5 Å². The summed E-state index contributed by atoms with van der Waals surface area (Å²) in [4.78, 5) is 11.1. The van der Waals surface area contributed by atoms with Crippen molar-refractivity contribution in [1.82, 2.24) is 0 Å². The van der Waals surface area contributed by atoms with Crippen molar-refractivity contribution in [3.8, 4) is 28.4 Å². The maximum Gasteiger partial charge on any atom is 0.311 e. The van der Waals surface area contributed by atoms with Gasteiger partial charge in [-0.2, -0.15) is 0 Å². The molecule has 3 rings (SSSR count). The molecule has 5 heteroatoms. The largest absolute Gasteiger partial charge is 0.487 e. The van der Waals surface area contributed by atoms with Gasteiger partial charge in [0.25, 0.3) is 0 Å². The number of nitro benzene ring substituents is 1. The topological polar surface area (TPSA) is 61.6 Å². The van der Waals surface area contributed by atoms with Crippen LogP contribution in [0.4, 0.5) is 5.69 Å². The number of benzene rings is 3. The Morgan fingerprint density at radius 3 is 2.27 bits per heavy atom. The van der Waals surface area contributed by atoms with Gasteiger partial charge in [0, 0.05) is 6.07 Å². The number of hydrogen-bond donors (Lipinski definition) is 0. The SMILES string of the molecule is CCOc1c([N+](=O)[O-])ccc(Oc2ccccc2)c1-c1ccc(C)cc1. The monoisotopic (exact) mass is 349 g/mol. The minimum absolute atomic E-state index is 0.0807. The Kier molecular flexibility index (Phi) is 5.17. The molecule has 0 spiro atoms. The quantitative estimate of drug-likeness (QED) is 0.419. The highest BCUT2D eigenvalue weighted by molar-refractivity contribution is 5.81. The van der Waals surface area contributed by atoms with Crippen LogP contribution in [0.5, 0.6) is 17.2 Å². The van der Waals surface area contributed by atoms with Crippen molar-refractivity contribution in [2.45, 2.75) is 13.8 Å². The van der Waals surface area contributed by atoms with Gasteiger partial charge in [0.2, 0.25) is 5.75 Å². The lowest BCUT2D eigenvalue weighted by atomic mass is 10.0. The molecule has 0 aliphatic heterocycles. The third kappa shape index (κ3) is 3.67. The highest BCUT2D eigenvalue weighted by Crippen LogP contribution is 2.45. The summed E-state index contributed by atoms with van der Waals surface area (Å²) in [6.07, 6.45) is 0. The van der Waals surface area contributed by atoms with Gasteiger partial charge in [-0.05, 0) is 37.6 Å². The minimum atomic E-state index is -0.436. The molecular weight excluding hydrogens is 330 g/mol. The van der Waals surface area contributed by atoms with Crippen molar-refractivity contribution in [2.75, 3.05) is 6.61 Å². The maximum atomic E-state index is 11.5. The first-order valence-corrected chi connectivity index (χ1v) is 8.34. The molecule has 0 bridgehead atoms. The molecule has 3 aromatic carbocycles. The molecule has 0 N–H and O–H groups in total. The summed E-state index contributed by atoms with van der Waals surface area (Å²) in [5, 5.41) is 11.5. The molecule has 0 radical (unpaired) electrons. The summed E-state index contributed by atoms with van der Waals surface area (Å²) in [6, 6.07) is 20.1. The van der Waals surface area contributed by atoms with E-state index in [-0.39, 0.29) is 11.4 Å². The number of ether oxygens (including phenoxy) is 2. The van der Waals surface area contributed by atoms with Crippen LogP contribution in [0.2, 0.25) is 0 Å². The second-order valence-corrected chi connectivity index (χ2v) is 5.76. The van der Waals surface area contributed by atoms with Crippen molar-refractivity contribution in [3.63, 3.8) is 0 Å². The van der Waals surface area contributed by atoms with E-state index in [2.05, 4.69) is 0 Å². The van der Waals surface area contributed by atoms with Crippen LogP contribution in [-0.2, 0) is 0 Å². The Balaban J connectivity index is 2.21. The molecule has 0 aliphatic rings. The average molecular weight is 349 g/mol. The lowest BCUT2D eigenvalue weighted by Gasteiger charge is -2.16. The molecule has 0 saturated heterocycles. The first-order valence-electron chi connectivity index (χ1n) is 8.34. The van der Waals surface area contributed by atoms with Gasteiger partial charge >= 0.3 is 5.69 Å². The van der Waals surface area contributed by atoms with Gasteiger partial charge in [0.1, 0.15) is 11.5 Å². The lowest BCUT2D eigenvalue weighted by molar-refractivity contribution is -0.385. The third-order valence-corrected chi connectivity index (χ3v) is 3.90. The fraction of sp³-hybridized carbons (Fsp3) is 0.143. The fourth-order valence-electron chi connectivity index (χ4n) is 2.68. The first kappa shape index (κ1) is 17.5. The van der Waals surface area contributed by atoms with Crippen LogP contribution < -0.4 is 9.47 Å². The average Bonchev–Trinajstić information content (AvgIpc) is 2.64. The molecule has 0 atom stereocenters. The van der Waals surface area contributed by atoms with E-state index >= 15 is 0 Å². The number of nitrogens with zero attached hydrogens (tertiary/aromatic N) is 1. The zero-order chi connectivity index (χ0) is 18.5. The van der Waals surface area contributed by atoms with E-state index in [0.717, 1.165) is 11.1 Å². The molecule has 3 aromatic rings. The van der Waals surface area contributed by atoms with Crippen LogP contribution >= 0.6 is 0 Å². The summed E-state index contributed by atoms with van der Waals surface area (Å²) in [7, 11) is 0. The Morgan fingerprint density at radius 2 is 1.65 bits per heavy atom. The van der Waals surface area contributed by atoms with Crippen LogP contribution in [0.25, 0.3) is 11.1 Å². The van der Waals surface area contributed by atoms with Crippen LogP contribution in [0, 0.1) is 17.0 Å². The van der Waals surface area contributed by atoms with Gasteiger partial charge < -0.3 is 9.47 Å². The molecule has 0 heterocycles. The number of hydrogen-bond acceptors (Lipinski definition) is 4. The van der Waals surface area contributed by atoms with Crippen LogP contribution in [0.1, 0.15) is 12.5 Å². The number of rotatable bonds is 6. The zero-order valence-corrected chi connectivity index (χ0v) is 14.6. The second-order valence-electron chi connectivity index (χ2n) is 5.76. The standard InChI is InChI=1S/C21H19NO4/c1-3-25-21-18(22(23)24)13-14-19(26-17-7-5-4-6-8-17)20(21)16-11-9-15(2)10-12-16/h4-14H,3H2,1-2H3. The Morgan fingerprint density at radius 1 is 0.962 bits per heavy atom. The molecule has 26 heavy (non-hydrogen) atoms. The van der Waals surface area contributed by atoms with Gasteiger partial charge in [0.15, 0.2) is 0 Å².